The van der Waals surface area contributed by atoms with E-state index < -0.39 is 17.7 Å². The second-order valence-corrected chi connectivity index (χ2v) is 7.63. The summed E-state index contributed by atoms with van der Waals surface area (Å²) in [7, 11) is 0. The summed E-state index contributed by atoms with van der Waals surface area (Å²) in [5, 5.41) is 13.3. The van der Waals surface area contributed by atoms with E-state index in [0.29, 0.717) is 28.7 Å². The molecule has 132 valence electrons. The second kappa shape index (κ2) is 6.15. The van der Waals surface area contributed by atoms with E-state index in [-0.39, 0.29) is 11.5 Å². The van der Waals surface area contributed by atoms with Crippen LogP contribution < -0.4 is 5.32 Å². The first-order valence-electron chi connectivity index (χ1n) is 7.10. The van der Waals surface area contributed by atoms with Crippen molar-refractivity contribution >= 4 is 40.5 Å². The molecule has 4 nitrogen and oxygen atoms in total. The van der Waals surface area contributed by atoms with Gasteiger partial charge < -0.3 is 10.4 Å². The monoisotopic (exact) mass is 387 g/mol. The topological polar surface area (TPSA) is 66.4 Å². The highest BCUT2D eigenvalue weighted by molar-refractivity contribution is 7.98. The maximum absolute atomic E-state index is 12.7. The lowest BCUT2D eigenvalue weighted by Crippen LogP contribution is -2.52. The number of alkyl halides is 3. The fourth-order valence-electron chi connectivity index (χ4n) is 2.23. The van der Waals surface area contributed by atoms with Crippen LogP contribution in [0.4, 0.5) is 18.9 Å². The van der Waals surface area contributed by atoms with E-state index in [9.17, 15) is 27.9 Å². The molecular weight excluding hydrogens is 375 g/mol. The van der Waals surface area contributed by atoms with Crippen molar-refractivity contribution in [2.45, 2.75) is 29.3 Å². The van der Waals surface area contributed by atoms with Crippen LogP contribution in [0.3, 0.4) is 0 Å². The molecule has 0 aliphatic carbocycles. The molecule has 1 aliphatic rings. The van der Waals surface area contributed by atoms with Gasteiger partial charge in [0.25, 0.3) is 5.91 Å². The Hall–Kier alpha value is -1.84. The zero-order valence-corrected chi connectivity index (χ0v) is 14.4. The Morgan fingerprint density at radius 1 is 1.24 bits per heavy atom. The van der Waals surface area contributed by atoms with Gasteiger partial charge in [0, 0.05) is 32.3 Å². The number of rotatable bonds is 2. The van der Waals surface area contributed by atoms with Crippen LogP contribution in [0.1, 0.15) is 27.7 Å². The Bertz CT molecular complexity index is 859. The fourth-order valence-corrected chi connectivity index (χ4v) is 4.31. The first-order valence-corrected chi connectivity index (χ1v) is 8.96. The number of fused-ring (bicyclic) bond motifs is 2. The largest absolute Gasteiger partial charge is 0.426 e. The van der Waals surface area contributed by atoms with Crippen LogP contribution in [0.2, 0.25) is 0 Å². The zero-order valence-electron chi connectivity index (χ0n) is 12.8. The van der Waals surface area contributed by atoms with Crippen LogP contribution in [-0.4, -0.2) is 28.6 Å². The van der Waals surface area contributed by atoms with Gasteiger partial charge in [-0.1, -0.05) is 0 Å². The SMILES string of the molecule is CC(O)(C(=O)Nc1ccc2c(c1)SCc1sccc1C2=O)C(F)(F)F. The molecule has 0 radical (unpaired) electrons. The maximum atomic E-state index is 12.7. The van der Waals surface area contributed by atoms with E-state index in [4.69, 9.17) is 0 Å². The summed E-state index contributed by atoms with van der Waals surface area (Å²) in [6.07, 6.45) is -5.10. The molecule has 0 saturated heterocycles. The lowest BCUT2D eigenvalue weighted by atomic mass is 10.0. The van der Waals surface area contributed by atoms with Gasteiger partial charge in [0.15, 0.2) is 5.78 Å². The smallest absolute Gasteiger partial charge is 0.373 e. The van der Waals surface area contributed by atoms with Crippen LogP contribution in [0.15, 0.2) is 34.5 Å². The third kappa shape index (κ3) is 3.19. The predicted octanol–water partition coefficient (Wildman–Crippen LogP) is 3.84. The van der Waals surface area contributed by atoms with Crippen molar-refractivity contribution in [2.24, 2.45) is 0 Å². The number of carbonyl (C=O) groups excluding carboxylic acids is 2. The summed E-state index contributed by atoms with van der Waals surface area (Å²) in [5.41, 5.74) is -2.37. The van der Waals surface area contributed by atoms with E-state index in [1.807, 2.05) is 5.38 Å². The third-order valence-corrected chi connectivity index (χ3v) is 6.01. The highest BCUT2D eigenvalue weighted by Gasteiger charge is 2.55. The number of benzene rings is 1. The van der Waals surface area contributed by atoms with Crippen molar-refractivity contribution in [1.82, 2.24) is 0 Å². The van der Waals surface area contributed by atoms with Crippen LogP contribution >= 0.6 is 23.1 Å². The molecule has 9 heteroatoms. The number of amides is 1. The average Bonchev–Trinajstić information content (AvgIpc) is 2.95. The van der Waals surface area contributed by atoms with Crippen LogP contribution in [0.25, 0.3) is 0 Å². The van der Waals surface area contributed by atoms with E-state index in [2.05, 4.69) is 5.32 Å². The highest BCUT2D eigenvalue weighted by atomic mass is 32.2. The van der Waals surface area contributed by atoms with E-state index >= 15 is 0 Å². The Kier molecular flexibility index (Phi) is 4.42. The summed E-state index contributed by atoms with van der Waals surface area (Å²) >= 11 is 2.83. The molecule has 1 atom stereocenters. The minimum Gasteiger partial charge on any atom is -0.373 e. The molecule has 0 bridgehead atoms. The number of hydrogen-bond acceptors (Lipinski definition) is 5. The highest BCUT2D eigenvalue weighted by Crippen LogP contribution is 2.38. The second-order valence-electron chi connectivity index (χ2n) is 5.61. The molecule has 1 amide bonds. The molecule has 1 aromatic carbocycles. The quantitative estimate of drug-likeness (QED) is 0.822. The Balaban J connectivity index is 1.87. The molecule has 2 N–H and O–H groups in total. The molecule has 0 fully saturated rings. The van der Waals surface area contributed by atoms with Gasteiger partial charge in [0.2, 0.25) is 5.60 Å². The van der Waals surface area contributed by atoms with Gasteiger partial charge in [-0.25, -0.2) is 0 Å². The fraction of sp³-hybridized carbons (Fsp3) is 0.250. The Morgan fingerprint density at radius 3 is 2.64 bits per heavy atom. The minimum absolute atomic E-state index is 0.0822. The number of anilines is 1. The van der Waals surface area contributed by atoms with Crippen molar-refractivity contribution in [3.63, 3.8) is 0 Å². The van der Waals surface area contributed by atoms with E-state index in [0.717, 1.165) is 4.88 Å². The molecule has 1 aromatic heterocycles. The molecule has 2 heterocycles. The van der Waals surface area contributed by atoms with Crippen molar-refractivity contribution < 1.29 is 27.9 Å². The number of aliphatic hydroxyl groups is 1. The summed E-state index contributed by atoms with van der Waals surface area (Å²) in [6, 6.07) is 6.00. The molecule has 2 aromatic rings. The Labute approximate surface area is 149 Å². The van der Waals surface area contributed by atoms with Crippen molar-refractivity contribution in [3.8, 4) is 0 Å². The van der Waals surface area contributed by atoms with Gasteiger partial charge in [-0.15, -0.1) is 23.1 Å². The minimum atomic E-state index is -5.10. The zero-order chi connectivity index (χ0) is 18.4. The lowest BCUT2D eigenvalue weighted by molar-refractivity contribution is -0.242. The molecule has 1 unspecified atom stereocenters. The molecular formula is C16H12F3NO3S2. The molecule has 0 saturated carbocycles. The summed E-state index contributed by atoms with van der Waals surface area (Å²) in [5.74, 6) is -1.18. The number of thiophene rings is 1. The number of nitrogens with one attached hydrogen (secondary N) is 1. The van der Waals surface area contributed by atoms with Crippen LogP contribution in [0, 0.1) is 0 Å². The maximum Gasteiger partial charge on any atom is 0.426 e. The van der Waals surface area contributed by atoms with E-state index in [1.165, 1.54) is 41.3 Å². The lowest BCUT2D eigenvalue weighted by Gasteiger charge is -2.25. The summed E-state index contributed by atoms with van der Waals surface area (Å²) in [6.45, 7) is 0.391. The number of hydrogen-bond donors (Lipinski definition) is 2. The summed E-state index contributed by atoms with van der Waals surface area (Å²) < 4.78 is 38.2. The Morgan fingerprint density at radius 2 is 1.96 bits per heavy atom. The number of ketones is 1. The van der Waals surface area contributed by atoms with Crippen LogP contribution in [-0.2, 0) is 10.5 Å². The standard InChI is InChI=1S/C16H12F3NO3S2/c1-15(23,16(17,18)19)14(22)20-8-2-3-9-11(6-8)25-7-12-10(13(9)21)4-5-24-12/h2-6,23H,7H2,1H3,(H,20,22). The van der Waals surface area contributed by atoms with Gasteiger partial charge in [-0.3, -0.25) is 9.59 Å². The first kappa shape index (κ1) is 18.0. The average molecular weight is 387 g/mol. The number of halogens is 3. The van der Waals surface area contributed by atoms with Crippen molar-refractivity contribution in [2.75, 3.05) is 5.32 Å². The molecule has 0 spiro atoms. The van der Waals surface area contributed by atoms with Crippen molar-refractivity contribution in [3.05, 3.63) is 45.6 Å². The van der Waals surface area contributed by atoms with Gasteiger partial charge in [-0.05, 0) is 36.6 Å². The predicted molar refractivity (Wildman–Crippen MR) is 89.1 cm³/mol. The normalized spacial score (nSPS) is 16.4. The van der Waals surface area contributed by atoms with Gasteiger partial charge in [0.05, 0.1) is 0 Å². The van der Waals surface area contributed by atoms with Crippen LogP contribution in [0.5, 0.6) is 0 Å². The number of carbonyl (C=O) groups is 2. The van der Waals surface area contributed by atoms with Gasteiger partial charge in [-0.2, -0.15) is 13.2 Å². The van der Waals surface area contributed by atoms with Gasteiger partial charge in [0.1, 0.15) is 0 Å². The first-order chi connectivity index (χ1) is 11.6. The molecule has 1 aliphatic heterocycles. The third-order valence-electron chi connectivity index (χ3n) is 3.83. The number of thioether (sulfide) groups is 1. The summed E-state index contributed by atoms with van der Waals surface area (Å²) in [4.78, 5) is 25.8. The van der Waals surface area contributed by atoms with Crippen molar-refractivity contribution in [1.29, 1.82) is 0 Å². The molecule has 3 rings (SSSR count). The van der Waals surface area contributed by atoms with E-state index in [1.54, 1.807) is 6.07 Å². The van der Waals surface area contributed by atoms with Gasteiger partial charge >= 0.3 is 6.18 Å². The molecule has 25 heavy (non-hydrogen) atoms.